The molecule has 21 heavy (non-hydrogen) atoms. The number of carbonyl (C=O) groups excluding carboxylic acids is 1. The molecular weight excluding hydrogens is 262 g/mol. The Kier molecular flexibility index (Phi) is 2.55. The molecule has 4 rings (SSSR count). The van der Waals surface area contributed by atoms with Crippen molar-refractivity contribution in [3.63, 3.8) is 0 Å². The summed E-state index contributed by atoms with van der Waals surface area (Å²) in [5, 5.41) is 1.09. The molecule has 1 aromatic carbocycles. The van der Waals surface area contributed by atoms with Gasteiger partial charge >= 0.3 is 0 Å². The van der Waals surface area contributed by atoms with E-state index in [-0.39, 0.29) is 11.7 Å². The lowest BCUT2D eigenvalue weighted by molar-refractivity contribution is 0.0926. The highest BCUT2D eigenvalue weighted by Gasteiger charge is 2.35. The summed E-state index contributed by atoms with van der Waals surface area (Å²) in [7, 11) is 2.05. The maximum absolute atomic E-state index is 12.8. The molecule has 0 radical (unpaired) electrons. The Balaban J connectivity index is 1.76. The third-order valence-corrected chi connectivity index (χ3v) is 4.63. The summed E-state index contributed by atoms with van der Waals surface area (Å²) in [4.78, 5) is 17.0. The highest BCUT2D eigenvalue weighted by Crippen LogP contribution is 2.35. The van der Waals surface area contributed by atoms with Crippen molar-refractivity contribution in [1.82, 2.24) is 14.1 Å². The predicted octanol–water partition coefficient (Wildman–Crippen LogP) is 2.74. The second-order valence-corrected chi connectivity index (χ2v) is 5.79. The van der Waals surface area contributed by atoms with Gasteiger partial charge in [0.15, 0.2) is 5.78 Å². The standard InChI is InChI=1S/C17H17N3O/c1-11-18-7-8-20(11)10-12-9-15-16(17(12)21)13-5-3-4-6-14(13)19(15)2/h3-8,12H,9-10H2,1-2H3. The van der Waals surface area contributed by atoms with E-state index >= 15 is 0 Å². The molecule has 106 valence electrons. The summed E-state index contributed by atoms with van der Waals surface area (Å²) in [5.41, 5.74) is 3.24. The number of Topliss-reactive ketones (excluding diaryl/α,β-unsaturated/α-hetero) is 1. The summed E-state index contributed by atoms with van der Waals surface area (Å²) >= 11 is 0. The first kappa shape index (κ1) is 12.4. The molecule has 0 amide bonds. The molecule has 0 fully saturated rings. The maximum Gasteiger partial charge on any atom is 0.170 e. The molecule has 0 spiro atoms. The van der Waals surface area contributed by atoms with Crippen LogP contribution in [0.1, 0.15) is 21.9 Å². The molecule has 1 unspecified atom stereocenters. The zero-order chi connectivity index (χ0) is 14.6. The smallest absolute Gasteiger partial charge is 0.170 e. The minimum Gasteiger partial charge on any atom is -0.347 e. The Morgan fingerprint density at radius 1 is 1.33 bits per heavy atom. The summed E-state index contributed by atoms with van der Waals surface area (Å²) < 4.78 is 4.24. The number of fused-ring (bicyclic) bond motifs is 3. The van der Waals surface area contributed by atoms with Crippen LogP contribution in [0.5, 0.6) is 0 Å². The van der Waals surface area contributed by atoms with Crippen LogP contribution < -0.4 is 0 Å². The number of benzene rings is 1. The third-order valence-electron chi connectivity index (χ3n) is 4.63. The highest BCUT2D eigenvalue weighted by molar-refractivity contribution is 6.12. The highest BCUT2D eigenvalue weighted by atomic mass is 16.1. The molecular formula is C17H17N3O. The topological polar surface area (TPSA) is 39.8 Å². The van der Waals surface area contributed by atoms with Gasteiger partial charge in [0.1, 0.15) is 5.82 Å². The van der Waals surface area contributed by atoms with Gasteiger partial charge in [-0.2, -0.15) is 0 Å². The molecule has 0 aliphatic heterocycles. The average molecular weight is 279 g/mol. The van der Waals surface area contributed by atoms with Crippen molar-refractivity contribution in [2.45, 2.75) is 19.9 Å². The first-order valence-corrected chi connectivity index (χ1v) is 7.25. The summed E-state index contributed by atoms with van der Waals surface area (Å²) in [6, 6.07) is 8.16. The van der Waals surface area contributed by atoms with Crippen LogP contribution in [0.15, 0.2) is 36.7 Å². The largest absolute Gasteiger partial charge is 0.347 e. The number of hydrogen-bond donors (Lipinski definition) is 0. The average Bonchev–Trinajstić information content (AvgIpc) is 3.11. The summed E-state index contributed by atoms with van der Waals surface area (Å²) in [6.07, 6.45) is 4.55. The number of nitrogens with zero attached hydrogens (tertiary/aromatic N) is 3. The van der Waals surface area contributed by atoms with Gasteiger partial charge in [-0.15, -0.1) is 0 Å². The van der Waals surface area contributed by atoms with Crippen molar-refractivity contribution < 1.29 is 4.79 Å². The van der Waals surface area contributed by atoms with Crippen LogP contribution >= 0.6 is 0 Å². The van der Waals surface area contributed by atoms with Gasteiger partial charge in [-0.05, 0) is 13.0 Å². The number of carbonyl (C=O) groups is 1. The lowest BCUT2D eigenvalue weighted by Gasteiger charge is -2.11. The number of aromatic nitrogens is 3. The van der Waals surface area contributed by atoms with Crippen LogP contribution in [0, 0.1) is 12.8 Å². The first-order valence-electron chi connectivity index (χ1n) is 7.25. The molecule has 0 saturated carbocycles. The maximum atomic E-state index is 12.8. The van der Waals surface area contributed by atoms with E-state index in [9.17, 15) is 4.79 Å². The SMILES string of the molecule is Cc1nccn1CC1Cc2c(c3ccccc3n2C)C1=O. The molecule has 0 bridgehead atoms. The first-order chi connectivity index (χ1) is 10.2. The van der Waals surface area contributed by atoms with E-state index in [4.69, 9.17) is 0 Å². The minimum absolute atomic E-state index is 0.0266. The van der Waals surface area contributed by atoms with Gasteiger partial charge in [-0.1, -0.05) is 18.2 Å². The van der Waals surface area contributed by atoms with Crippen molar-refractivity contribution in [3.8, 4) is 0 Å². The zero-order valence-corrected chi connectivity index (χ0v) is 12.2. The van der Waals surface area contributed by atoms with E-state index in [2.05, 4.69) is 33.3 Å². The van der Waals surface area contributed by atoms with Gasteiger partial charge in [0.2, 0.25) is 0 Å². The second-order valence-electron chi connectivity index (χ2n) is 5.79. The van der Waals surface area contributed by atoms with Gasteiger partial charge in [0.25, 0.3) is 0 Å². The van der Waals surface area contributed by atoms with Crippen molar-refractivity contribution in [3.05, 3.63) is 53.7 Å². The van der Waals surface area contributed by atoms with E-state index < -0.39 is 0 Å². The Morgan fingerprint density at radius 3 is 2.90 bits per heavy atom. The number of ketones is 1. The number of aryl methyl sites for hydroxylation is 2. The van der Waals surface area contributed by atoms with Crippen molar-refractivity contribution in [1.29, 1.82) is 0 Å². The molecule has 3 aromatic rings. The number of rotatable bonds is 2. The molecule has 1 atom stereocenters. The van der Waals surface area contributed by atoms with Gasteiger partial charge in [0, 0.05) is 60.5 Å². The molecule has 1 aliphatic carbocycles. The lowest BCUT2D eigenvalue weighted by Crippen LogP contribution is -2.17. The fourth-order valence-electron chi connectivity index (χ4n) is 3.47. The van der Waals surface area contributed by atoms with Crippen LogP contribution in [0.25, 0.3) is 10.9 Å². The van der Waals surface area contributed by atoms with Crippen LogP contribution in [0.3, 0.4) is 0 Å². The van der Waals surface area contributed by atoms with Crippen molar-refractivity contribution in [2.24, 2.45) is 13.0 Å². The molecule has 1 aliphatic rings. The minimum atomic E-state index is 0.0266. The predicted molar refractivity (Wildman–Crippen MR) is 81.4 cm³/mol. The van der Waals surface area contributed by atoms with E-state index in [0.717, 1.165) is 28.7 Å². The number of hydrogen-bond acceptors (Lipinski definition) is 2. The van der Waals surface area contributed by atoms with Gasteiger partial charge < -0.3 is 9.13 Å². The van der Waals surface area contributed by atoms with Gasteiger partial charge in [-0.3, -0.25) is 4.79 Å². The Labute approximate surface area is 123 Å². The lowest BCUT2D eigenvalue weighted by atomic mass is 10.0. The van der Waals surface area contributed by atoms with Crippen molar-refractivity contribution >= 4 is 16.7 Å². The fourth-order valence-corrected chi connectivity index (χ4v) is 3.47. The van der Waals surface area contributed by atoms with E-state index in [1.54, 1.807) is 6.20 Å². The zero-order valence-electron chi connectivity index (χ0n) is 12.2. The van der Waals surface area contributed by atoms with E-state index in [1.807, 2.05) is 25.3 Å². The van der Waals surface area contributed by atoms with E-state index in [0.29, 0.717) is 6.54 Å². The van der Waals surface area contributed by atoms with Gasteiger partial charge in [0.05, 0.1) is 0 Å². The van der Waals surface area contributed by atoms with Gasteiger partial charge in [-0.25, -0.2) is 4.98 Å². The quantitative estimate of drug-likeness (QED) is 0.723. The van der Waals surface area contributed by atoms with Crippen LogP contribution in [-0.4, -0.2) is 19.9 Å². The Morgan fingerprint density at radius 2 is 2.14 bits per heavy atom. The molecule has 4 nitrogen and oxygen atoms in total. The van der Waals surface area contributed by atoms with Crippen LogP contribution in [0.4, 0.5) is 0 Å². The molecule has 4 heteroatoms. The fraction of sp³-hybridized carbons (Fsp3) is 0.294. The molecule has 0 N–H and O–H groups in total. The second kappa shape index (κ2) is 4.32. The molecule has 2 heterocycles. The van der Waals surface area contributed by atoms with Crippen LogP contribution in [0.2, 0.25) is 0 Å². The summed E-state index contributed by atoms with van der Waals surface area (Å²) in [5.74, 6) is 1.26. The Hall–Kier alpha value is -2.36. The van der Waals surface area contributed by atoms with Crippen molar-refractivity contribution in [2.75, 3.05) is 0 Å². The Bertz CT molecular complexity index is 856. The summed E-state index contributed by atoms with van der Waals surface area (Å²) in [6.45, 7) is 2.69. The number of imidazole rings is 1. The number of para-hydroxylation sites is 1. The normalized spacial score (nSPS) is 17.6. The van der Waals surface area contributed by atoms with E-state index in [1.165, 1.54) is 5.69 Å². The molecule has 2 aromatic heterocycles. The third kappa shape index (κ3) is 1.68. The van der Waals surface area contributed by atoms with Crippen LogP contribution in [-0.2, 0) is 20.0 Å². The molecule has 0 saturated heterocycles. The monoisotopic (exact) mass is 279 g/mol.